The summed E-state index contributed by atoms with van der Waals surface area (Å²) in [7, 11) is -15.8. The van der Waals surface area contributed by atoms with E-state index in [9.17, 15) is 28.8 Å². The van der Waals surface area contributed by atoms with Crippen molar-refractivity contribution in [2.75, 3.05) is 13.2 Å². The second-order valence-corrected chi connectivity index (χ2v) is 13.3. The van der Waals surface area contributed by atoms with E-state index >= 15 is 0 Å². The minimum Gasteiger partial charge on any atom is -0.442 e. The van der Waals surface area contributed by atoms with Gasteiger partial charge < -0.3 is 24.9 Å². The van der Waals surface area contributed by atoms with Gasteiger partial charge >= 0.3 is 29.8 Å². The Bertz CT molecular complexity index is 1280. The highest BCUT2D eigenvalue weighted by atomic mass is 31.3. The first kappa shape index (κ1) is 41.2. The van der Waals surface area contributed by atoms with E-state index in [4.69, 9.17) is 37.3 Å². The summed E-state index contributed by atoms with van der Waals surface area (Å²) >= 11 is 0. The zero-order valence-electron chi connectivity index (χ0n) is 24.2. The van der Waals surface area contributed by atoms with Crippen LogP contribution in [0.1, 0.15) is 58.8 Å². The third-order valence-electron chi connectivity index (χ3n) is 4.70. The first-order chi connectivity index (χ1) is 20.6. The second-order valence-electron chi connectivity index (χ2n) is 8.47. The van der Waals surface area contributed by atoms with Gasteiger partial charge in [-0.25, -0.2) is 13.9 Å². The number of aliphatic hydroxyl groups excluding tert-OH is 1. The highest BCUT2D eigenvalue weighted by Gasteiger charge is 2.53. The molecule has 16 nitrogen and oxygen atoms in total. The Balaban J connectivity index is 5.60. The summed E-state index contributed by atoms with van der Waals surface area (Å²) in [5, 5.41) is 25.3. The molecule has 0 radical (unpaired) electrons. The van der Waals surface area contributed by atoms with Crippen LogP contribution in [0.25, 0.3) is 0 Å². The SMILES string of the molecule is C#CCCCCC#C/C(=C/NC#CC)C(=N)NC(=O)OC(CN[P+](O)(OCCCCC#C)OP(=O)(O)OP(=O)(O)O)[C@@H](C)O. The molecule has 0 heterocycles. The number of hydrogen-bond acceptors (Lipinski definition) is 12. The lowest BCUT2D eigenvalue weighted by Crippen LogP contribution is -2.43. The molecule has 0 aromatic carbocycles. The number of aliphatic hydroxyl groups is 1. The summed E-state index contributed by atoms with van der Waals surface area (Å²) in [6.07, 6.45) is 11.2. The zero-order valence-corrected chi connectivity index (χ0v) is 26.9. The Morgan fingerprint density at radius 2 is 1.70 bits per heavy atom. The van der Waals surface area contributed by atoms with Gasteiger partial charge in [-0.3, -0.25) is 15.6 Å². The monoisotopic (exact) mass is 679 g/mol. The van der Waals surface area contributed by atoms with E-state index in [1.807, 2.05) is 0 Å². The Kier molecular flexibility index (Phi) is 20.5. The van der Waals surface area contributed by atoms with Gasteiger partial charge in [-0.05, 0) is 43.8 Å². The van der Waals surface area contributed by atoms with E-state index in [-0.39, 0.29) is 18.6 Å². The van der Waals surface area contributed by atoms with Gasteiger partial charge in [0.15, 0.2) is 0 Å². The normalized spacial score (nSPS) is 15.2. The fourth-order valence-corrected chi connectivity index (χ4v) is 6.59. The summed E-state index contributed by atoms with van der Waals surface area (Å²) in [5.41, 5.74) is 0.0454. The Hall–Kier alpha value is -2.75. The van der Waals surface area contributed by atoms with Crippen LogP contribution in [0.3, 0.4) is 0 Å². The molecule has 0 bridgehead atoms. The molecule has 0 aliphatic heterocycles. The van der Waals surface area contributed by atoms with Gasteiger partial charge in [-0.1, -0.05) is 17.8 Å². The molecule has 0 aromatic rings. The third kappa shape index (κ3) is 21.0. The van der Waals surface area contributed by atoms with Crippen LogP contribution < -0.4 is 15.7 Å². The molecule has 0 saturated heterocycles. The van der Waals surface area contributed by atoms with Crippen molar-refractivity contribution in [3.8, 4) is 48.5 Å². The van der Waals surface area contributed by atoms with Crippen LogP contribution in [0.15, 0.2) is 11.8 Å². The molecule has 0 aliphatic carbocycles. The van der Waals surface area contributed by atoms with Gasteiger partial charge in [0.05, 0.1) is 24.8 Å². The number of carbonyl (C=O) groups is 1. The molecule has 19 heteroatoms. The highest BCUT2D eigenvalue weighted by molar-refractivity contribution is 7.70. The maximum Gasteiger partial charge on any atom is 0.521 e. The molecule has 244 valence electrons. The molecule has 1 amide bonds. The molecule has 44 heavy (non-hydrogen) atoms. The average molecular weight is 680 g/mol. The number of alkyl carbamates (subject to hydrolysis) is 1. The van der Waals surface area contributed by atoms with Crippen LogP contribution in [0.2, 0.25) is 0 Å². The minimum atomic E-state index is -5.61. The van der Waals surface area contributed by atoms with Gasteiger partial charge in [0.2, 0.25) is 0 Å². The van der Waals surface area contributed by atoms with Crippen molar-refractivity contribution < 1.29 is 56.5 Å². The topological polar surface area (TPSA) is 249 Å². The van der Waals surface area contributed by atoms with E-state index in [0.29, 0.717) is 25.7 Å². The molecule has 0 spiro atoms. The molecule has 9 N–H and O–H groups in total. The fourth-order valence-electron chi connectivity index (χ4n) is 2.71. The second kappa shape index (κ2) is 21.9. The van der Waals surface area contributed by atoms with E-state index in [1.165, 1.54) is 13.1 Å². The number of amides is 1. The minimum absolute atomic E-state index is 0.0454. The quantitative estimate of drug-likeness (QED) is 0.0238. The number of terminal acetylenes is 2. The zero-order chi connectivity index (χ0) is 33.7. The predicted molar refractivity (Wildman–Crippen MR) is 162 cm³/mol. The lowest BCUT2D eigenvalue weighted by molar-refractivity contribution is 0.0155. The van der Waals surface area contributed by atoms with Crippen molar-refractivity contribution in [2.45, 2.75) is 71.0 Å². The molecule has 4 atom stereocenters. The summed E-state index contributed by atoms with van der Waals surface area (Å²) in [6.45, 7) is 1.83. The van der Waals surface area contributed by atoms with E-state index in [2.05, 4.69) is 60.0 Å². The smallest absolute Gasteiger partial charge is 0.442 e. The molecule has 0 aromatic heterocycles. The van der Waals surface area contributed by atoms with Crippen molar-refractivity contribution in [3.63, 3.8) is 0 Å². The molecule has 3 unspecified atom stereocenters. The Labute approximate surface area is 257 Å². The number of rotatable bonds is 19. The van der Waals surface area contributed by atoms with E-state index in [1.54, 1.807) is 6.92 Å². The van der Waals surface area contributed by atoms with Gasteiger partial charge in [-0.2, -0.15) is 13.7 Å². The van der Waals surface area contributed by atoms with Crippen molar-refractivity contribution in [2.24, 2.45) is 0 Å². The summed E-state index contributed by atoms with van der Waals surface area (Å²) in [6, 6.07) is 2.54. The number of hydrogen-bond donors (Lipinski definition) is 9. The molecular weight excluding hydrogens is 641 g/mol. The number of phosphoric acid groups is 2. The number of unbranched alkanes of at least 4 members (excludes halogenated alkanes) is 5. The molecule has 0 saturated carbocycles. The van der Waals surface area contributed by atoms with E-state index < -0.39 is 54.4 Å². The van der Waals surface area contributed by atoms with Gasteiger partial charge in [0.25, 0.3) is 0 Å². The highest BCUT2D eigenvalue weighted by Crippen LogP contribution is 2.69. The summed E-state index contributed by atoms with van der Waals surface area (Å²) in [5.74, 6) is 12.6. The molecule has 0 aliphatic rings. The largest absolute Gasteiger partial charge is 0.521 e. The predicted octanol–water partition coefficient (Wildman–Crippen LogP) is 2.40. The maximum atomic E-state index is 12.6. The number of amidine groups is 1. The van der Waals surface area contributed by atoms with Crippen LogP contribution >= 0.6 is 23.7 Å². The van der Waals surface area contributed by atoms with Crippen LogP contribution in [-0.2, 0) is 27.0 Å². The Morgan fingerprint density at radius 1 is 1.09 bits per heavy atom. The van der Waals surface area contributed by atoms with Crippen LogP contribution in [0.4, 0.5) is 4.79 Å². The van der Waals surface area contributed by atoms with Crippen LogP contribution in [-0.4, -0.2) is 62.0 Å². The lowest BCUT2D eigenvalue weighted by Gasteiger charge is -2.23. The standard InChI is InChI=1S/C25H37N4O12P3/c1-5-8-10-12-13-14-16-22(19-27-17-7-3)24(26)29-25(31)39-23(21(4)30)20-28-42(32,38-18-15-11-9-6-2)40-44(36,37)41-43(33,34)35/h1-2,19,21,23,28,30,32H,8-13,15,18,20H2,3-4H3,(H5-,26,27,29,31,33,34,35,36,37)/p+1/t21-,23?,42?/m1/s1. The van der Waals surface area contributed by atoms with Crippen molar-refractivity contribution in [1.82, 2.24) is 15.7 Å². The maximum absolute atomic E-state index is 12.6. The van der Waals surface area contributed by atoms with Crippen molar-refractivity contribution in [3.05, 3.63) is 11.8 Å². The molecular formula is C25H38N4O12P3+. The van der Waals surface area contributed by atoms with Crippen LogP contribution in [0.5, 0.6) is 0 Å². The van der Waals surface area contributed by atoms with Crippen molar-refractivity contribution >= 4 is 35.7 Å². The lowest BCUT2D eigenvalue weighted by atomic mass is 10.2. The van der Waals surface area contributed by atoms with Crippen molar-refractivity contribution in [1.29, 1.82) is 5.41 Å². The number of nitrogens with one attached hydrogen (secondary N) is 4. The first-order valence-electron chi connectivity index (χ1n) is 12.9. The van der Waals surface area contributed by atoms with Gasteiger partial charge in [0.1, 0.15) is 11.9 Å². The number of carbonyl (C=O) groups excluding carboxylic acids is 1. The third-order valence-corrected chi connectivity index (χ3v) is 9.20. The van der Waals surface area contributed by atoms with Gasteiger partial charge in [0, 0.05) is 31.5 Å². The van der Waals surface area contributed by atoms with Gasteiger partial charge in [-0.15, -0.1) is 29.8 Å². The van der Waals surface area contributed by atoms with Crippen LogP contribution in [0, 0.1) is 53.9 Å². The summed E-state index contributed by atoms with van der Waals surface area (Å²) in [4.78, 5) is 50.8. The average Bonchev–Trinajstić information content (AvgIpc) is 2.90. The molecule has 0 fully saturated rings. The molecule has 0 rings (SSSR count). The van der Waals surface area contributed by atoms with E-state index in [0.717, 1.165) is 12.8 Å². The summed E-state index contributed by atoms with van der Waals surface area (Å²) < 4.78 is 41.6. The Morgan fingerprint density at radius 3 is 2.27 bits per heavy atom. The number of ether oxygens (including phenoxy) is 1. The first-order valence-corrected chi connectivity index (χ1v) is 17.5. The fraction of sp³-hybridized carbons (Fsp3) is 0.520.